The monoisotopic (exact) mass is 222 g/mol. The van der Waals surface area contributed by atoms with E-state index in [0.717, 1.165) is 13.0 Å². The highest BCUT2D eigenvalue weighted by molar-refractivity contribution is 5.16. The Hall–Kier alpha value is -0.870. The zero-order valence-corrected chi connectivity index (χ0v) is 10.5. The summed E-state index contributed by atoms with van der Waals surface area (Å²) in [4.78, 5) is 2.38. The topological polar surface area (TPSA) is 33.1 Å². The van der Waals surface area contributed by atoms with Crippen LogP contribution in [0.1, 0.15) is 24.6 Å². The van der Waals surface area contributed by atoms with Gasteiger partial charge in [-0.25, -0.2) is 0 Å². The van der Waals surface area contributed by atoms with E-state index >= 15 is 0 Å². The quantitative estimate of drug-likeness (QED) is 0.817. The van der Waals surface area contributed by atoms with E-state index in [-0.39, 0.29) is 0 Å². The summed E-state index contributed by atoms with van der Waals surface area (Å²) in [5, 5.41) is 8.08. The maximum absolute atomic E-state index is 4.46. The van der Waals surface area contributed by atoms with E-state index in [0.29, 0.717) is 6.04 Å². The van der Waals surface area contributed by atoms with Crippen molar-refractivity contribution in [3.63, 3.8) is 0 Å². The molecule has 0 radical (unpaired) electrons. The summed E-state index contributed by atoms with van der Waals surface area (Å²) in [6.45, 7) is 5.50. The predicted molar refractivity (Wildman–Crippen MR) is 65.3 cm³/mol. The van der Waals surface area contributed by atoms with Crippen molar-refractivity contribution in [2.45, 2.75) is 32.4 Å². The van der Waals surface area contributed by atoms with Gasteiger partial charge in [-0.15, -0.1) is 0 Å². The maximum Gasteiger partial charge on any atom is 0.0666 e. The molecule has 1 N–H and O–H groups in total. The summed E-state index contributed by atoms with van der Waals surface area (Å²) >= 11 is 0. The number of hydrogen-bond acceptors (Lipinski definition) is 3. The van der Waals surface area contributed by atoms with Crippen molar-refractivity contribution in [3.8, 4) is 0 Å². The van der Waals surface area contributed by atoms with Gasteiger partial charge in [0.2, 0.25) is 0 Å². The van der Waals surface area contributed by atoms with Gasteiger partial charge in [-0.2, -0.15) is 5.10 Å². The standard InChI is InChI=1S/C12H22N4/c1-4-12-10(8-16(3)14-12)7-13-11-5-6-15(2)9-11/h8,11,13H,4-7,9H2,1-3H3. The smallest absolute Gasteiger partial charge is 0.0666 e. The molecule has 1 fully saturated rings. The second-order valence-corrected chi connectivity index (χ2v) is 4.76. The highest BCUT2D eigenvalue weighted by atomic mass is 15.3. The van der Waals surface area contributed by atoms with Crippen LogP contribution in [-0.2, 0) is 20.0 Å². The van der Waals surface area contributed by atoms with E-state index in [2.05, 4.69) is 35.5 Å². The summed E-state index contributed by atoms with van der Waals surface area (Å²) < 4.78 is 1.91. The lowest BCUT2D eigenvalue weighted by Crippen LogP contribution is -2.31. The fraction of sp³-hybridized carbons (Fsp3) is 0.750. The van der Waals surface area contributed by atoms with Crippen LogP contribution in [0.2, 0.25) is 0 Å². The summed E-state index contributed by atoms with van der Waals surface area (Å²) in [5.74, 6) is 0. The maximum atomic E-state index is 4.46. The van der Waals surface area contributed by atoms with E-state index in [1.54, 1.807) is 0 Å². The highest BCUT2D eigenvalue weighted by Gasteiger charge is 2.19. The van der Waals surface area contributed by atoms with Crippen LogP contribution in [0, 0.1) is 0 Å². The number of aryl methyl sites for hydroxylation is 2. The van der Waals surface area contributed by atoms with Gasteiger partial charge in [-0.3, -0.25) is 4.68 Å². The van der Waals surface area contributed by atoms with E-state index in [9.17, 15) is 0 Å². The van der Waals surface area contributed by atoms with Crippen LogP contribution < -0.4 is 5.32 Å². The van der Waals surface area contributed by atoms with Gasteiger partial charge >= 0.3 is 0 Å². The van der Waals surface area contributed by atoms with Gasteiger partial charge in [0.25, 0.3) is 0 Å². The number of likely N-dealkylation sites (tertiary alicyclic amines) is 1. The number of hydrogen-bond donors (Lipinski definition) is 1. The Morgan fingerprint density at radius 2 is 2.31 bits per heavy atom. The molecule has 2 rings (SSSR count). The summed E-state index contributed by atoms with van der Waals surface area (Å²) in [6.07, 6.45) is 4.41. The van der Waals surface area contributed by atoms with Crippen molar-refractivity contribution in [2.24, 2.45) is 7.05 Å². The van der Waals surface area contributed by atoms with E-state index in [4.69, 9.17) is 0 Å². The molecule has 0 aromatic carbocycles. The normalized spacial score (nSPS) is 21.8. The van der Waals surface area contributed by atoms with Crippen molar-refractivity contribution < 1.29 is 0 Å². The zero-order chi connectivity index (χ0) is 11.5. The fourth-order valence-corrected chi connectivity index (χ4v) is 2.38. The molecular weight excluding hydrogens is 200 g/mol. The van der Waals surface area contributed by atoms with Gasteiger partial charge < -0.3 is 10.2 Å². The van der Waals surface area contributed by atoms with Crippen molar-refractivity contribution in [1.29, 1.82) is 0 Å². The number of aromatic nitrogens is 2. The highest BCUT2D eigenvalue weighted by Crippen LogP contribution is 2.10. The minimum absolute atomic E-state index is 0.648. The third-order valence-electron chi connectivity index (χ3n) is 3.30. The number of likely N-dealkylation sites (N-methyl/N-ethyl adjacent to an activating group) is 1. The van der Waals surface area contributed by atoms with Gasteiger partial charge in [0.05, 0.1) is 5.69 Å². The van der Waals surface area contributed by atoms with Crippen LogP contribution >= 0.6 is 0 Å². The number of rotatable bonds is 4. The molecule has 16 heavy (non-hydrogen) atoms. The van der Waals surface area contributed by atoms with Crippen molar-refractivity contribution in [2.75, 3.05) is 20.1 Å². The van der Waals surface area contributed by atoms with Crippen LogP contribution in [0.4, 0.5) is 0 Å². The molecule has 1 aromatic rings. The molecule has 1 aromatic heterocycles. The molecule has 2 heterocycles. The lowest BCUT2D eigenvalue weighted by atomic mass is 10.2. The Kier molecular flexibility index (Phi) is 3.61. The van der Waals surface area contributed by atoms with Gasteiger partial charge in [0.1, 0.15) is 0 Å². The minimum atomic E-state index is 0.648. The van der Waals surface area contributed by atoms with Crippen molar-refractivity contribution >= 4 is 0 Å². The Labute approximate surface area is 97.6 Å². The molecule has 4 heteroatoms. The average molecular weight is 222 g/mol. The molecule has 0 amide bonds. The second-order valence-electron chi connectivity index (χ2n) is 4.76. The minimum Gasteiger partial charge on any atom is -0.308 e. The number of nitrogens with one attached hydrogen (secondary N) is 1. The van der Waals surface area contributed by atoms with Crippen LogP contribution in [-0.4, -0.2) is 40.9 Å². The first-order valence-electron chi connectivity index (χ1n) is 6.12. The van der Waals surface area contributed by atoms with E-state index in [1.165, 1.54) is 30.8 Å². The molecule has 0 aliphatic carbocycles. The molecule has 0 spiro atoms. The molecule has 4 nitrogen and oxygen atoms in total. The summed E-state index contributed by atoms with van der Waals surface area (Å²) in [6, 6.07) is 0.648. The molecule has 1 atom stereocenters. The van der Waals surface area contributed by atoms with Crippen LogP contribution in [0.5, 0.6) is 0 Å². The van der Waals surface area contributed by atoms with E-state index in [1.807, 2.05) is 11.7 Å². The SMILES string of the molecule is CCc1nn(C)cc1CNC1CCN(C)C1. The van der Waals surface area contributed by atoms with Crippen LogP contribution in [0.3, 0.4) is 0 Å². The Balaban J connectivity index is 1.89. The van der Waals surface area contributed by atoms with Crippen LogP contribution in [0.15, 0.2) is 6.20 Å². The fourth-order valence-electron chi connectivity index (χ4n) is 2.38. The van der Waals surface area contributed by atoms with Crippen molar-refractivity contribution in [1.82, 2.24) is 20.0 Å². The first-order chi connectivity index (χ1) is 7.69. The van der Waals surface area contributed by atoms with E-state index < -0.39 is 0 Å². The zero-order valence-electron chi connectivity index (χ0n) is 10.5. The molecule has 1 unspecified atom stereocenters. The largest absolute Gasteiger partial charge is 0.308 e. The first kappa shape index (κ1) is 11.6. The summed E-state index contributed by atoms with van der Waals surface area (Å²) in [5.41, 5.74) is 2.57. The number of nitrogens with zero attached hydrogens (tertiary/aromatic N) is 3. The Morgan fingerprint density at radius 3 is 2.94 bits per heavy atom. The second kappa shape index (κ2) is 4.97. The average Bonchev–Trinajstić information content (AvgIpc) is 2.81. The van der Waals surface area contributed by atoms with Gasteiger partial charge in [-0.1, -0.05) is 6.92 Å². The third-order valence-corrected chi connectivity index (χ3v) is 3.30. The van der Waals surface area contributed by atoms with Crippen LogP contribution in [0.25, 0.3) is 0 Å². The lowest BCUT2D eigenvalue weighted by molar-refractivity contribution is 0.397. The predicted octanol–water partition coefficient (Wildman–Crippen LogP) is 0.776. The van der Waals surface area contributed by atoms with Gasteiger partial charge in [0.15, 0.2) is 0 Å². The van der Waals surface area contributed by atoms with Crippen molar-refractivity contribution in [3.05, 3.63) is 17.5 Å². The lowest BCUT2D eigenvalue weighted by Gasteiger charge is -2.12. The molecule has 0 bridgehead atoms. The Morgan fingerprint density at radius 1 is 1.50 bits per heavy atom. The molecule has 1 aliphatic rings. The van der Waals surface area contributed by atoms with Gasteiger partial charge in [0, 0.05) is 37.9 Å². The Bertz CT molecular complexity index is 345. The molecule has 1 aliphatic heterocycles. The first-order valence-corrected chi connectivity index (χ1v) is 6.12. The molecule has 0 saturated carbocycles. The molecule has 1 saturated heterocycles. The van der Waals surface area contributed by atoms with Gasteiger partial charge in [-0.05, 0) is 26.4 Å². The molecule has 90 valence electrons. The molecular formula is C12H22N4. The summed E-state index contributed by atoms with van der Waals surface area (Å²) in [7, 11) is 4.18. The third kappa shape index (κ3) is 2.62.